The van der Waals surface area contributed by atoms with Gasteiger partial charge in [0.05, 0.1) is 18.8 Å². The Labute approximate surface area is 117 Å². The van der Waals surface area contributed by atoms with E-state index in [1.165, 1.54) is 6.07 Å². The SMILES string of the molecule is CC1(NS(=O)(=O)c2ccc(CO)cc2F)CCCOC1. The van der Waals surface area contributed by atoms with Crippen LogP contribution in [0.3, 0.4) is 0 Å². The average molecular weight is 303 g/mol. The molecule has 7 heteroatoms. The molecule has 2 N–H and O–H groups in total. The van der Waals surface area contributed by atoms with Gasteiger partial charge in [0, 0.05) is 6.61 Å². The zero-order valence-electron chi connectivity index (χ0n) is 11.2. The van der Waals surface area contributed by atoms with Gasteiger partial charge in [0.15, 0.2) is 0 Å². The van der Waals surface area contributed by atoms with Gasteiger partial charge in [-0.05, 0) is 37.5 Å². The summed E-state index contributed by atoms with van der Waals surface area (Å²) in [4.78, 5) is -0.415. The van der Waals surface area contributed by atoms with E-state index in [2.05, 4.69) is 4.72 Å². The predicted molar refractivity (Wildman–Crippen MR) is 71.1 cm³/mol. The number of ether oxygens (including phenoxy) is 1. The highest BCUT2D eigenvalue weighted by Gasteiger charge is 2.34. The largest absolute Gasteiger partial charge is 0.392 e. The molecule has 0 radical (unpaired) electrons. The molecule has 0 amide bonds. The van der Waals surface area contributed by atoms with E-state index in [0.29, 0.717) is 18.6 Å². The first-order chi connectivity index (χ1) is 9.36. The molecule has 20 heavy (non-hydrogen) atoms. The number of rotatable bonds is 4. The lowest BCUT2D eigenvalue weighted by Crippen LogP contribution is -2.51. The molecule has 0 aliphatic carbocycles. The van der Waals surface area contributed by atoms with Crippen LogP contribution in [0.4, 0.5) is 4.39 Å². The minimum absolute atomic E-state index is 0.266. The first kappa shape index (κ1) is 15.4. The van der Waals surface area contributed by atoms with Crippen molar-refractivity contribution in [2.24, 2.45) is 0 Å². The molecular weight excluding hydrogens is 285 g/mol. The Hall–Kier alpha value is -1.02. The summed E-state index contributed by atoms with van der Waals surface area (Å²) in [6.45, 7) is 2.28. The molecular formula is C13H18FNO4S. The lowest BCUT2D eigenvalue weighted by Gasteiger charge is -2.33. The molecule has 1 atom stereocenters. The van der Waals surface area contributed by atoms with Crippen molar-refractivity contribution in [2.75, 3.05) is 13.2 Å². The van der Waals surface area contributed by atoms with E-state index in [1.807, 2.05) is 0 Å². The van der Waals surface area contributed by atoms with Gasteiger partial charge in [-0.1, -0.05) is 6.07 Å². The summed E-state index contributed by atoms with van der Waals surface area (Å²) < 4.78 is 46.2. The van der Waals surface area contributed by atoms with Crippen molar-refractivity contribution in [1.82, 2.24) is 4.72 Å². The maximum absolute atomic E-state index is 13.9. The topological polar surface area (TPSA) is 75.6 Å². The second kappa shape index (κ2) is 5.77. The summed E-state index contributed by atoms with van der Waals surface area (Å²) in [5.41, 5.74) is -0.396. The van der Waals surface area contributed by atoms with E-state index in [0.717, 1.165) is 18.6 Å². The number of hydrogen-bond donors (Lipinski definition) is 2. The normalized spacial score (nSPS) is 23.8. The molecule has 1 aromatic rings. The molecule has 1 unspecified atom stereocenters. The zero-order valence-corrected chi connectivity index (χ0v) is 12.0. The van der Waals surface area contributed by atoms with E-state index in [9.17, 15) is 12.8 Å². The molecule has 0 bridgehead atoms. The lowest BCUT2D eigenvalue weighted by molar-refractivity contribution is 0.0386. The van der Waals surface area contributed by atoms with Gasteiger partial charge in [-0.3, -0.25) is 0 Å². The summed E-state index contributed by atoms with van der Waals surface area (Å²) in [5, 5.41) is 8.91. The molecule has 1 aliphatic heterocycles. The molecule has 1 aliphatic rings. The number of aliphatic hydroxyl groups is 1. The highest BCUT2D eigenvalue weighted by Crippen LogP contribution is 2.23. The van der Waals surface area contributed by atoms with E-state index >= 15 is 0 Å². The highest BCUT2D eigenvalue weighted by atomic mass is 32.2. The van der Waals surface area contributed by atoms with Crippen LogP contribution < -0.4 is 4.72 Å². The van der Waals surface area contributed by atoms with Crippen LogP contribution in [0.1, 0.15) is 25.3 Å². The second-order valence-corrected chi connectivity index (χ2v) is 6.90. The summed E-state index contributed by atoms with van der Waals surface area (Å²) in [6.07, 6.45) is 1.40. The number of benzene rings is 1. The van der Waals surface area contributed by atoms with Crippen LogP contribution >= 0.6 is 0 Å². The first-order valence-corrected chi connectivity index (χ1v) is 7.86. The Morgan fingerprint density at radius 2 is 2.25 bits per heavy atom. The van der Waals surface area contributed by atoms with Gasteiger partial charge in [0.2, 0.25) is 10.0 Å². The number of sulfonamides is 1. The van der Waals surface area contributed by atoms with E-state index in [-0.39, 0.29) is 13.2 Å². The third-order valence-electron chi connectivity index (χ3n) is 3.29. The van der Waals surface area contributed by atoms with E-state index in [4.69, 9.17) is 9.84 Å². The number of aliphatic hydroxyl groups excluding tert-OH is 1. The number of nitrogens with one attached hydrogen (secondary N) is 1. The van der Waals surface area contributed by atoms with Crippen molar-refractivity contribution in [3.8, 4) is 0 Å². The fourth-order valence-electron chi connectivity index (χ4n) is 2.25. The Morgan fingerprint density at radius 1 is 1.50 bits per heavy atom. The van der Waals surface area contributed by atoms with Gasteiger partial charge >= 0.3 is 0 Å². The highest BCUT2D eigenvalue weighted by molar-refractivity contribution is 7.89. The molecule has 1 saturated heterocycles. The van der Waals surface area contributed by atoms with Crippen LogP contribution in [0, 0.1) is 5.82 Å². The summed E-state index contributed by atoms with van der Waals surface area (Å²) in [6, 6.07) is 3.57. The molecule has 0 saturated carbocycles. The Kier molecular flexibility index (Phi) is 4.43. The Bertz CT molecular complexity index is 582. The van der Waals surface area contributed by atoms with Crippen molar-refractivity contribution in [3.63, 3.8) is 0 Å². The van der Waals surface area contributed by atoms with Crippen molar-refractivity contribution in [1.29, 1.82) is 0 Å². The molecule has 1 aromatic carbocycles. The maximum Gasteiger partial charge on any atom is 0.244 e. The predicted octanol–water partition coefficient (Wildman–Crippen LogP) is 1.17. The van der Waals surface area contributed by atoms with Crippen molar-refractivity contribution in [2.45, 2.75) is 36.8 Å². The van der Waals surface area contributed by atoms with Gasteiger partial charge in [-0.2, -0.15) is 0 Å². The van der Waals surface area contributed by atoms with E-state index < -0.39 is 26.3 Å². The summed E-state index contributed by atoms with van der Waals surface area (Å²) in [7, 11) is -3.96. The Morgan fingerprint density at radius 3 is 2.80 bits per heavy atom. The van der Waals surface area contributed by atoms with Gasteiger partial charge < -0.3 is 9.84 Å². The lowest BCUT2D eigenvalue weighted by atomic mass is 9.97. The van der Waals surface area contributed by atoms with Crippen molar-refractivity contribution < 1.29 is 22.7 Å². The zero-order chi connectivity index (χ0) is 14.8. The van der Waals surface area contributed by atoms with Gasteiger partial charge in [0.1, 0.15) is 10.7 Å². The molecule has 2 rings (SSSR count). The maximum atomic E-state index is 13.9. The van der Waals surface area contributed by atoms with Gasteiger partial charge in [-0.25, -0.2) is 17.5 Å². The average Bonchev–Trinajstić information content (AvgIpc) is 2.37. The molecule has 1 fully saturated rings. The second-order valence-electron chi connectivity index (χ2n) is 5.25. The van der Waals surface area contributed by atoms with Crippen LogP contribution in [-0.2, 0) is 21.4 Å². The molecule has 1 heterocycles. The van der Waals surface area contributed by atoms with E-state index in [1.54, 1.807) is 6.92 Å². The third kappa shape index (κ3) is 3.35. The first-order valence-electron chi connectivity index (χ1n) is 6.37. The van der Waals surface area contributed by atoms with Gasteiger partial charge in [0.25, 0.3) is 0 Å². The van der Waals surface area contributed by atoms with Crippen molar-refractivity contribution >= 4 is 10.0 Å². The van der Waals surface area contributed by atoms with Crippen LogP contribution in [0.25, 0.3) is 0 Å². The third-order valence-corrected chi connectivity index (χ3v) is 4.96. The minimum atomic E-state index is -3.96. The summed E-state index contributed by atoms with van der Waals surface area (Å²) in [5.74, 6) is -0.871. The van der Waals surface area contributed by atoms with Crippen LogP contribution in [0.5, 0.6) is 0 Å². The molecule has 112 valence electrons. The quantitative estimate of drug-likeness (QED) is 0.875. The number of hydrogen-bond acceptors (Lipinski definition) is 4. The minimum Gasteiger partial charge on any atom is -0.392 e. The van der Waals surface area contributed by atoms with Crippen molar-refractivity contribution in [3.05, 3.63) is 29.6 Å². The smallest absolute Gasteiger partial charge is 0.244 e. The van der Waals surface area contributed by atoms with Gasteiger partial charge in [-0.15, -0.1) is 0 Å². The monoisotopic (exact) mass is 303 g/mol. The molecule has 5 nitrogen and oxygen atoms in total. The standard InChI is InChI=1S/C13H18FNO4S/c1-13(5-2-6-19-9-13)15-20(17,18)12-4-3-10(8-16)7-11(12)14/h3-4,7,15-16H,2,5-6,8-9H2,1H3. The van der Waals surface area contributed by atoms with Crippen LogP contribution in [-0.4, -0.2) is 32.3 Å². The fraction of sp³-hybridized carbons (Fsp3) is 0.538. The van der Waals surface area contributed by atoms with Crippen LogP contribution in [0.2, 0.25) is 0 Å². The van der Waals surface area contributed by atoms with Crippen LogP contribution in [0.15, 0.2) is 23.1 Å². The fourth-order valence-corrected chi connectivity index (χ4v) is 3.74. The summed E-state index contributed by atoms with van der Waals surface area (Å²) >= 11 is 0. The number of halogens is 1. The Balaban J connectivity index is 2.26. The molecule has 0 aromatic heterocycles. The molecule has 0 spiro atoms.